The number of rotatable bonds is 7. The minimum absolute atomic E-state index is 0.110. The molecule has 7 nitrogen and oxygen atoms in total. The number of nitrogens with one attached hydrogen (secondary N) is 1. The van der Waals surface area contributed by atoms with Crippen LogP contribution < -0.4 is 14.8 Å². The fourth-order valence-corrected chi connectivity index (χ4v) is 4.90. The third-order valence-corrected chi connectivity index (χ3v) is 7.09. The number of hydrogen-bond acceptors (Lipinski definition) is 5. The van der Waals surface area contributed by atoms with E-state index in [1.54, 1.807) is 0 Å². The molecule has 2 aromatic rings. The lowest BCUT2D eigenvalue weighted by Gasteiger charge is -2.30. The van der Waals surface area contributed by atoms with Crippen LogP contribution in [0.15, 0.2) is 47.4 Å². The highest BCUT2D eigenvalue weighted by atomic mass is 35.5. The van der Waals surface area contributed by atoms with Crippen molar-refractivity contribution >= 4 is 33.2 Å². The fourth-order valence-electron chi connectivity index (χ4n) is 3.30. The van der Waals surface area contributed by atoms with Crippen molar-refractivity contribution in [2.45, 2.75) is 24.3 Å². The number of carbonyl (C=O) groups is 1. The molecule has 11 heteroatoms. The molecule has 1 fully saturated rings. The lowest BCUT2D eigenvalue weighted by molar-refractivity contribution is -0.120. The highest BCUT2D eigenvalue weighted by Gasteiger charge is 2.32. The van der Waals surface area contributed by atoms with E-state index in [0.29, 0.717) is 17.9 Å². The number of ether oxygens (including phenoxy) is 2. The first-order chi connectivity index (χ1) is 14.7. The molecular weight excluding hydrogens is 454 g/mol. The van der Waals surface area contributed by atoms with Crippen LogP contribution in [0, 0.1) is 5.92 Å². The monoisotopic (exact) mass is 474 g/mol. The number of hydrogen-bond donors (Lipinski definition) is 1. The van der Waals surface area contributed by atoms with Gasteiger partial charge in [0.25, 0.3) is 0 Å². The van der Waals surface area contributed by atoms with E-state index in [2.05, 4.69) is 10.1 Å². The summed E-state index contributed by atoms with van der Waals surface area (Å²) in [6.45, 7) is -2.66. The van der Waals surface area contributed by atoms with Crippen molar-refractivity contribution in [1.29, 1.82) is 0 Å². The SMILES string of the molecule is COc1ccc(NC(=O)C2CCN(S(=O)(=O)c3ccc(Cl)cc3)CC2)cc1OC(F)F. The van der Waals surface area contributed by atoms with Gasteiger partial charge >= 0.3 is 6.61 Å². The van der Waals surface area contributed by atoms with E-state index in [-0.39, 0.29) is 41.1 Å². The van der Waals surface area contributed by atoms with Gasteiger partial charge in [-0.15, -0.1) is 0 Å². The van der Waals surface area contributed by atoms with Crippen LogP contribution >= 0.6 is 11.6 Å². The predicted octanol–water partition coefficient (Wildman–Crippen LogP) is 3.99. The maximum atomic E-state index is 12.7. The van der Waals surface area contributed by atoms with Crippen LogP contribution in [0.25, 0.3) is 0 Å². The predicted molar refractivity (Wildman–Crippen MR) is 111 cm³/mol. The first-order valence-corrected chi connectivity index (χ1v) is 11.2. The van der Waals surface area contributed by atoms with Gasteiger partial charge in [-0.2, -0.15) is 13.1 Å². The van der Waals surface area contributed by atoms with Crippen LogP contribution in [-0.2, 0) is 14.8 Å². The molecule has 1 heterocycles. The molecule has 1 aliphatic rings. The van der Waals surface area contributed by atoms with Gasteiger partial charge in [-0.3, -0.25) is 4.79 Å². The summed E-state index contributed by atoms with van der Waals surface area (Å²) in [6, 6.07) is 10.1. The summed E-state index contributed by atoms with van der Waals surface area (Å²) in [5.74, 6) is -0.826. The van der Waals surface area contributed by atoms with E-state index in [0.717, 1.165) is 0 Å². The highest BCUT2D eigenvalue weighted by Crippen LogP contribution is 2.32. The van der Waals surface area contributed by atoms with Crippen molar-refractivity contribution in [3.8, 4) is 11.5 Å². The molecule has 0 spiro atoms. The second-order valence-corrected chi connectivity index (χ2v) is 9.24. The molecule has 1 N–H and O–H groups in total. The van der Waals surface area contributed by atoms with Gasteiger partial charge in [-0.05, 0) is 49.2 Å². The van der Waals surface area contributed by atoms with Crippen LogP contribution in [0.5, 0.6) is 11.5 Å². The second kappa shape index (κ2) is 9.80. The van der Waals surface area contributed by atoms with E-state index in [9.17, 15) is 22.0 Å². The van der Waals surface area contributed by atoms with Crippen molar-refractivity contribution < 1.29 is 31.5 Å². The van der Waals surface area contributed by atoms with Gasteiger partial charge in [0, 0.05) is 35.8 Å². The van der Waals surface area contributed by atoms with Crippen molar-refractivity contribution in [2.24, 2.45) is 5.92 Å². The van der Waals surface area contributed by atoms with E-state index >= 15 is 0 Å². The summed E-state index contributed by atoms with van der Waals surface area (Å²) in [5, 5.41) is 3.11. The van der Waals surface area contributed by atoms with E-state index in [4.69, 9.17) is 16.3 Å². The molecule has 1 amide bonds. The van der Waals surface area contributed by atoms with E-state index < -0.39 is 22.6 Å². The first-order valence-electron chi connectivity index (χ1n) is 9.40. The number of alkyl halides is 2. The number of nitrogens with zero attached hydrogens (tertiary/aromatic N) is 1. The van der Waals surface area contributed by atoms with Gasteiger partial charge in [0.2, 0.25) is 15.9 Å². The van der Waals surface area contributed by atoms with E-state index in [1.165, 1.54) is 53.9 Å². The van der Waals surface area contributed by atoms with Gasteiger partial charge in [-0.25, -0.2) is 8.42 Å². The Kier molecular flexibility index (Phi) is 7.34. The van der Waals surface area contributed by atoms with Crippen molar-refractivity contribution in [3.05, 3.63) is 47.5 Å². The summed E-state index contributed by atoms with van der Waals surface area (Å²) in [6.07, 6.45) is 0.657. The van der Waals surface area contributed by atoms with Crippen molar-refractivity contribution in [3.63, 3.8) is 0 Å². The average molecular weight is 475 g/mol. The number of piperidine rings is 1. The standard InChI is InChI=1S/C20H21ClF2N2O5S/c1-29-17-7-4-15(12-18(17)30-20(22)23)24-19(26)13-8-10-25(11-9-13)31(27,28)16-5-2-14(21)3-6-16/h2-7,12-13,20H,8-11H2,1H3,(H,24,26). The third kappa shape index (κ3) is 5.63. The highest BCUT2D eigenvalue weighted by molar-refractivity contribution is 7.89. The number of amides is 1. The molecule has 0 radical (unpaired) electrons. The summed E-state index contributed by atoms with van der Waals surface area (Å²) < 4.78 is 61.4. The Morgan fingerprint density at radius 1 is 1.13 bits per heavy atom. The Bertz CT molecular complexity index is 1030. The molecule has 0 atom stereocenters. The zero-order chi connectivity index (χ0) is 22.6. The Morgan fingerprint density at radius 2 is 1.77 bits per heavy atom. The molecule has 0 aliphatic carbocycles. The molecule has 1 aliphatic heterocycles. The quantitative estimate of drug-likeness (QED) is 0.656. The maximum absolute atomic E-state index is 12.7. The van der Waals surface area contributed by atoms with E-state index in [1.807, 2.05) is 0 Å². The number of methoxy groups -OCH3 is 1. The van der Waals surface area contributed by atoms with Gasteiger partial charge in [-0.1, -0.05) is 11.6 Å². The Labute approximate surface area is 183 Å². The molecule has 0 aromatic heterocycles. The topological polar surface area (TPSA) is 84.9 Å². The summed E-state index contributed by atoms with van der Waals surface area (Å²) in [5.41, 5.74) is 0.276. The smallest absolute Gasteiger partial charge is 0.387 e. The van der Waals surface area contributed by atoms with Crippen LogP contribution in [0.2, 0.25) is 5.02 Å². The zero-order valence-electron chi connectivity index (χ0n) is 16.6. The van der Waals surface area contributed by atoms with Crippen molar-refractivity contribution in [1.82, 2.24) is 4.31 Å². The first kappa shape index (κ1) is 23.2. The fraction of sp³-hybridized carbons (Fsp3) is 0.350. The van der Waals surface area contributed by atoms with Gasteiger partial charge in [0.15, 0.2) is 11.5 Å². The average Bonchev–Trinajstić information content (AvgIpc) is 2.74. The number of halogens is 3. The molecule has 0 saturated carbocycles. The van der Waals surface area contributed by atoms with Crippen molar-refractivity contribution in [2.75, 3.05) is 25.5 Å². The van der Waals surface area contributed by atoms with Crippen LogP contribution in [0.1, 0.15) is 12.8 Å². The molecule has 31 heavy (non-hydrogen) atoms. The molecule has 0 bridgehead atoms. The molecule has 2 aromatic carbocycles. The number of sulfonamides is 1. The number of anilines is 1. The minimum atomic E-state index is -3.67. The third-order valence-electron chi connectivity index (χ3n) is 4.92. The van der Waals surface area contributed by atoms with Crippen LogP contribution in [0.3, 0.4) is 0 Å². The van der Waals surface area contributed by atoms with Gasteiger partial charge in [0.05, 0.1) is 12.0 Å². The van der Waals surface area contributed by atoms with Crippen LogP contribution in [-0.4, -0.2) is 45.4 Å². The second-order valence-electron chi connectivity index (χ2n) is 6.87. The lowest BCUT2D eigenvalue weighted by atomic mass is 9.97. The number of carbonyl (C=O) groups excluding carboxylic acids is 1. The maximum Gasteiger partial charge on any atom is 0.387 e. The Morgan fingerprint density at radius 3 is 2.35 bits per heavy atom. The zero-order valence-corrected chi connectivity index (χ0v) is 18.1. The molecule has 0 unspecified atom stereocenters. The van der Waals surface area contributed by atoms with Gasteiger partial charge in [0.1, 0.15) is 0 Å². The summed E-state index contributed by atoms with van der Waals surface area (Å²) in [7, 11) is -2.35. The Balaban J connectivity index is 1.62. The van der Waals surface area contributed by atoms with Crippen LogP contribution in [0.4, 0.5) is 14.5 Å². The molecule has 1 saturated heterocycles. The summed E-state index contributed by atoms with van der Waals surface area (Å²) in [4.78, 5) is 12.7. The largest absolute Gasteiger partial charge is 0.493 e. The lowest BCUT2D eigenvalue weighted by Crippen LogP contribution is -2.41. The minimum Gasteiger partial charge on any atom is -0.493 e. The Hall–Kier alpha value is -2.43. The number of benzene rings is 2. The van der Waals surface area contributed by atoms with Gasteiger partial charge < -0.3 is 14.8 Å². The molecule has 168 valence electrons. The molecular formula is C20H21ClF2N2O5S. The normalized spacial score (nSPS) is 15.6. The molecule has 3 rings (SSSR count). The summed E-state index contributed by atoms with van der Waals surface area (Å²) >= 11 is 5.81.